The lowest BCUT2D eigenvalue weighted by molar-refractivity contribution is 0.628. The molecule has 2 heterocycles. The molecule has 0 atom stereocenters. The molecule has 0 saturated heterocycles. The molecule has 0 spiro atoms. The van der Waals surface area contributed by atoms with Crippen molar-refractivity contribution in [2.24, 2.45) is 0 Å². The normalized spacial score (nSPS) is 11.1. The Morgan fingerprint density at radius 3 is 1.89 bits per heavy atom. The van der Waals surface area contributed by atoms with Crippen LogP contribution in [0.15, 0.2) is 79.3 Å². The van der Waals surface area contributed by atoms with Crippen molar-refractivity contribution >= 4 is 22.1 Å². The van der Waals surface area contributed by atoms with Crippen molar-refractivity contribution < 1.29 is 4.39 Å². The van der Waals surface area contributed by atoms with Gasteiger partial charge >= 0.3 is 0 Å². The molecule has 128 valence electrons. The van der Waals surface area contributed by atoms with Crippen LogP contribution in [0.4, 0.5) is 4.39 Å². The standard InChI is InChI=1S/C22H13FN4/c23-17-5-1-14(2-6-17)22-13-26-21-12-16(4-8-19(21)27-22)15-3-7-18-20(11-15)25-10-9-24-18/h1-13H. The molecule has 0 radical (unpaired) electrons. The highest BCUT2D eigenvalue weighted by Crippen LogP contribution is 2.26. The molecule has 0 fully saturated rings. The number of hydrogen-bond acceptors (Lipinski definition) is 4. The smallest absolute Gasteiger partial charge is 0.123 e. The Hall–Kier alpha value is -3.73. The van der Waals surface area contributed by atoms with Crippen molar-refractivity contribution in [1.82, 2.24) is 19.9 Å². The maximum Gasteiger partial charge on any atom is 0.123 e. The second kappa shape index (κ2) is 6.21. The number of rotatable bonds is 2. The van der Waals surface area contributed by atoms with Crippen LogP contribution in [-0.4, -0.2) is 19.9 Å². The minimum absolute atomic E-state index is 0.266. The molecule has 0 N–H and O–H groups in total. The number of aromatic nitrogens is 4. The first-order valence-corrected chi connectivity index (χ1v) is 8.50. The van der Waals surface area contributed by atoms with E-state index in [1.807, 2.05) is 36.4 Å². The highest BCUT2D eigenvalue weighted by molar-refractivity contribution is 5.86. The Kier molecular flexibility index (Phi) is 3.57. The summed E-state index contributed by atoms with van der Waals surface area (Å²) in [5.74, 6) is -0.266. The van der Waals surface area contributed by atoms with Gasteiger partial charge in [0.15, 0.2) is 0 Å². The van der Waals surface area contributed by atoms with E-state index in [1.165, 1.54) is 12.1 Å². The third kappa shape index (κ3) is 2.89. The van der Waals surface area contributed by atoms with Gasteiger partial charge in [-0.15, -0.1) is 0 Å². The van der Waals surface area contributed by atoms with Gasteiger partial charge in [0.2, 0.25) is 0 Å². The van der Waals surface area contributed by atoms with Crippen LogP contribution in [0.5, 0.6) is 0 Å². The van der Waals surface area contributed by atoms with Crippen LogP contribution >= 0.6 is 0 Å². The number of nitrogens with zero attached hydrogens (tertiary/aromatic N) is 4. The molecule has 2 aromatic heterocycles. The Bertz CT molecular complexity index is 1280. The zero-order chi connectivity index (χ0) is 18.2. The average molecular weight is 352 g/mol. The lowest BCUT2D eigenvalue weighted by Gasteiger charge is -2.06. The highest BCUT2D eigenvalue weighted by Gasteiger charge is 2.06. The number of fused-ring (bicyclic) bond motifs is 2. The van der Waals surface area contributed by atoms with Crippen molar-refractivity contribution in [2.75, 3.05) is 0 Å². The second-order valence-corrected chi connectivity index (χ2v) is 6.23. The topological polar surface area (TPSA) is 51.6 Å². The number of benzene rings is 3. The zero-order valence-electron chi connectivity index (χ0n) is 14.2. The molecule has 5 heteroatoms. The van der Waals surface area contributed by atoms with Gasteiger partial charge in [-0.25, -0.2) is 9.37 Å². The fraction of sp³-hybridized carbons (Fsp3) is 0. The largest absolute Gasteiger partial charge is 0.253 e. The van der Waals surface area contributed by atoms with E-state index in [9.17, 15) is 4.39 Å². The lowest BCUT2D eigenvalue weighted by Crippen LogP contribution is -1.90. The maximum absolute atomic E-state index is 13.1. The van der Waals surface area contributed by atoms with Crippen LogP contribution in [0.25, 0.3) is 44.5 Å². The molecule has 0 bridgehead atoms. The molecule has 27 heavy (non-hydrogen) atoms. The summed E-state index contributed by atoms with van der Waals surface area (Å²) in [7, 11) is 0. The van der Waals surface area contributed by atoms with Gasteiger partial charge in [-0.05, 0) is 59.7 Å². The molecular formula is C22H13FN4. The van der Waals surface area contributed by atoms with E-state index in [2.05, 4.69) is 19.9 Å². The minimum Gasteiger partial charge on any atom is -0.253 e. The Labute approximate surface area is 154 Å². The van der Waals surface area contributed by atoms with Crippen LogP contribution in [0.3, 0.4) is 0 Å². The van der Waals surface area contributed by atoms with E-state index in [1.54, 1.807) is 30.7 Å². The van der Waals surface area contributed by atoms with Gasteiger partial charge < -0.3 is 0 Å². The van der Waals surface area contributed by atoms with Crippen molar-refractivity contribution in [3.8, 4) is 22.4 Å². The zero-order valence-corrected chi connectivity index (χ0v) is 14.2. The summed E-state index contributed by atoms with van der Waals surface area (Å²) in [6, 6.07) is 18.2. The van der Waals surface area contributed by atoms with E-state index >= 15 is 0 Å². The van der Waals surface area contributed by atoms with Gasteiger partial charge in [0, 0.05) is 18.0 Å². The van der Waals surface area contributed by atoms with E-state index in [0.717, 1.165) is 44.5 Å². The first kappa shape index (κ1) is 15.5. The minimum atomic E-state index is -0.266. The van der Waals surface area contributed by atoms with Crippen LogP contribution in [0, 0.1) is 5.82 Å². The average Bonchev–Trinajstić information content (AvgIpc) is 2.73. The first-order chi connectivity index (χ1) is 13.3. The van der Waals surface area contributed by atoms with Crippen LogP contribution in [-0.2, 0) is 0 Å². The number of hydrogen-bond donors (Lipinski definition) is 0. The van der Waals surface area contributed by atoms with Crippen molar-refractivity contribution in [1.29, 1.82) is 0 Å². The quantitative estimate of drug-likeness (QED) is 0.446. The van der Waals surface area contributed by atoms with Gasteiger partial charge in [0.05, 0.1) is 34.0 Å². The second-order valence-electron chi connectivity index (χ2n) is 6.23. The molecule has 0 aliphatic rings. The Balaban J connectivity index is 1.56. The SMILES string of the molecule is Fc1ccc(-c2cnc3cc(-c4ccc5nccnc5c4)ccc3n2)cc1. The lowest BCUT2D eigenvalue weighted by atomic mass is 10.0. The molecule has 5 rings (SSSR count). The van der Waals surface area contributed by atoms with Crippen LogP contribution in [0.2, 0.25) is 0 Å². The predicted octanol–water partition coefficient (Wildman–Crippen LogP) is 5.05. The van der Waals surface area contributed by atoms with E-state index in [-0.39, 0.29) is 5.82 Å². The summed E-state index contributed by atoms with van der Waals surface area (Å²) in [5.41, 5.74) is 6.96. The van der Waals surface area contributed by atoms with E-state index < -0.39 is 0 Å². The third-order valence-electron chi connectivity index (χ3n) is 4.48. The molecule has 0 aliphatic heterocycles. The summed E-state index contributed by atoms with van der Waals surface area (Å²) in [5, 5.41) is 0. The Morgan fingerprint density at radius 1 is 0.556 bits per heavy atom. The van der Waals surface area contributed by atoms with Gasteiger partial charge in [-0.3, -0.25) is 15.0 Å². The highest BCUT2D eigenvalue weighted by atomic mass is 19.1. The summed E-state index contributed by atoms with van der Waals surface area (Å²) in [6.07, 6.45) is 5.09. The summed E-state index contributed by atoms with van der Waals surface area (Å²) in [4.78, 5) is 17.9. The molecule has 0 saturated carbocycles. The molecular weight excluding hydrogens is 339 g/mol. The van der Waals surface area contributed by atoms with Crippen LogP contribution in [0.1, 0.15) is 0 Å². The van der Waals surface area contributed by atoms with Crippen molar-refractivity contribution in [3.05, 3.63) is 85.1 Å². The van der Waals surface area contributed by atoms with E-state index in [4.69, 9.17) is 0 Å². The van der Waals surface area contributed by atoms with Crippen molar-refractivity contribution in [3.63, 3.8) is 0 Å². The van der Waals surface area contributed by atoms with Gasteiger partial charge in [-0.1, -0.05) is 12.1 Å². The first-order valence-electron chi connectivity index (χ1n) is 8.50. The van der Waals surface area contributed by atoms with Gasteiger partial charge in [-0.2, -0.15) is 0 Å². The molecule has 3 aromatic carbocycles. The summed E-state index contributed by atoms with van der Waals surface area (Å²) < 4.78 is 13.1. The monoisotopic (exact) mass is 352 g/mol. The van der Waals surface area contributed by atoms with Crippen LogP contribution < -0.4 is 0 Å². The van der Waals surface area contributed by atoms with Gasteiger partial charge in [0.1, 0.15) is 5.82 Å². The summed E-state index contributed by atoms with van der Waals surface area (Å²) in [6.45, 7) is 0. The van der Waals surface area contributed by atoms with Crippen molar-refractivity contribution in [2.45, 2.75) is 0 Å². The Morgan fingerprint density at radius 2 is 1.15 bits per heavy atom. The summed E-state index contributed by atoms with van der Waals surface area (Å²) >= 11 is 0. The number of halogens is 1. The molecule has 0 unspecified atom stereocenters. The molecule has 0 aliphatic carbocycles. The third-order valence-corrected chi connectivity index (χ3v) is 4.48. The molecule has 5 aromatic rings. The van der Waals surface area contributed by atoms with Gasteiger partial charge in [0.25, 0.3) is 0 Å². The molecule has 0 amide bonds. The molecule has 4 nitrogen and oxygen atoms in total. The fourth-order valence-corrected chi connectivity index (χ4v) is 3.09. The predicted molar refractivity (Wildman–Crippen MR) is 103 cm³/mol. The maximum atomic E-state index is 13.1. The fourth-order valence-electron chi connectivity index (χ4n) is 3.09. The van der Waals surface area contributed by atoms with E-state index in [0.29, 0.717) is 0 Å².